The number of carbonyl (C=O) groups excluding carboxylic acids is 2. The predicted octanol–water partition coefficient (Wildman–Crippen LogP) is 2.57. The van der Waals surface area contributed by atoms with E-state index in [4.69, 9.17) is 34.8 Å². The second-order valence-corrected chi connectivity index (χ2v) is 6.45. The van der Waals surface area contributed by atoms with Gasteiger partial charge in [0.25, 0.3) is 9.70 Å². The molecule has 0 heterocycles. The number of nitrogens with zero attached hydrogens (tertiary/aromatic N) is 1. The molecule has 0 aromatic rings. The number of hydrogen-bond donors (Lipinski definition) is 0. The molecular weight excluding hydrogens is 272 g/mol. The topological polar surface area (TPSA) is 37.4 Å². The van der Waals surface area contributed by atoms with Crippen molar-refractivity contribution in [2.75, 3.05) is 13.6 Å². The number of ketones is 1. The van der Waals surface area contributed by atoms with E-state index in [-0.39, 0.29) is 0 Å². The van der Waals surface area contributed by atoms with E-state index in [2.05, 4.69) is 0 Å². The SMILES string of the molecule is CN(CC1CCC(=O)CC1)C(=O)C(Cl)(Cl)Cl. The van der Waals surface area contributed by atoms with Crippen molar-refractivity contribution in [2.45, 2.75) is 29.5 Å². The van der Waals surface area contributed by atoms with Crippen molar-refractivity contribution in [3.05, 3.63) is 0 Å². The van der Waals surface area contributed by atoms with Crippen molar-refractivity contribution < 1.29 is 9.59 Å². The first-order valence-corrected chi connectivity index (χ1v) is 6.28. The van der Waals surface area contributed by atoms with Gasteiger partial charge >= 0.3 is 0 Å². The fourth-order valence-electron chi connectivity index (χ4n) is 1.87. The molecule has 16 heavy (non-hydrogen) atoms. The molecule has 1 fully saturated rings. The number of rotatable bonds is 2. The molecule has 1 aliphatic rings. The molecule has 0 bridgehead atoms. The van der Waals surface area contributed by atoms with E-state index >= 15 is 0 Å². The molecule has 0 N–H and O–H groups in total. The zero-order chi connectivity index (χ0) is 12.3. The van der Waals surface area contributed by atoms with Gasteiger partial charge in [-0.15, -0.1) is 0 Å². The van der Waals surface area contributed by atoms with Crippen LogP contribution in [-0.4, -0.2) is 34.0 Å². The Kier molecular flexibility index (Phi) is 4.89. The summed E-state index contributed by atoms with van der Waals surface area (Å²) in [6.07, 6.45) is 2.83. The Labute approximate surface area is 110 Å². The quantitative estimate of drug-likeness (QED) is 0.732. The number of Topliss-reactive ketones (excluding diaryl/α,β-unsaturated/α-hetero) is 1. The van der Waals surface area contributed by atoms with Crippen LogP contribution in [0.2, 0.25) is 0 Å². The summed E-state index contributed by atoms with van der Waals surface area (Å²) in [6, 6.07) is 0. The molecule has 0 unspecified atom stereocenters. The van der Waals surface area contributed by atoms with Gasteiger partial charge in [-0.2, -0.15) is 0 Å². The van der Waals surface area contributed by atoms with Crippen LogP contribution < -0.4 is 0 Å². The molecule has 1 aliphatic carbocycles. The summed E-state index contributed by atoms with van der Waals surface area (Å²) in [4.78, 5) is 24.0. The van der Waals surface area contributed by atoms with Gasteiger partial charge in [0.2, 0.25) is 0 Å². The van der Waals surface area contributed by atoms with Crippen LogP contribution in [0.15, 0.2) is 0 Å². The summed E-state index contributed by atoms with van der Waals surface area (Å²) in [7, 11) is 1.61. The van der Waals surface area contributed by atoms with Crippen molar-refractivity contribution in [2.24, 2.45) is 5.92 Å². The van der Waals surface area contributed by atoms with E-state index in [1.807, 2.05) is 0 Å². The van der Waals surface area contributed by atoms with Crippen LogP contribution in [0.3, 0.4) is 0 Å². The normalized spacial score (nSPS) is 18.6. The van der Waals surface area contributed by atoms with Crippen LogP contribution in [0.5, 0.6) is 0 Å². The average molecular weight is 287 g/mol. The van der Waals surface area contributed by atoms with Crippen LogP contribution >= 0.6 is 34.8 Å². The number of halogens is 3. The highest BCUT2D eigenvalue weighted by molar-refractivity contribution is 6.76. The maximum absolute atomic E-state index is 11.6. The Morgan fingerprint density at radius 1 is 1.38 bits per heavy atom. The highest BCUT2D eigenvalue weighted by Crippen LogP contribution is 2.29. The Bertz CT molecular complexity index is 278. The summed E-state index contributed by atoms with van der Waals surface area (Å²) in [5.41, 5.74) is 0. The molecular formula is C10H14Cl3NO2. The summed E-state index contributed by atoms with van der Waals surface area (Å²) in [6.45, 7) is 0.542. The first-order chi connectivity index (χ1) is 7.30. The summed E-state index contributed by atoms with van der Waals surface area (Å²) in [5.74, 6) is 0.111. The van der Waals surface area contributed by atoms with Gasteiger partial charge in [-0.1, -0.05) is 34.8 Å². The van der Waals surface area contributed by atoms with E-state index in [0.717, 1.165) is 12.8 Å². The average Bonchev–Trinajstić information content (AvgIpc) is 2.19. The van der Waals surface area contributed by atoms with Gasteiger partial charge in [0.15, 0.2) is 0 Å². The first kappa shape index (κ1) is 14.1. The van der Waals surface area contributed by atoms with Crippen LogP contribution in [0.25, 0.3) is 0 Å². The molecule has 0 aliphatic heterocycles. The van der Waals surface area contributed by atoms with E-state index < -0.39 is 9.70 Å². The molecule has 0 aromatic carbocycles. The summed E-state index contributed by atoms with van der Waals surface area (Å²) < 4.78 is -1.89. The second-order valence-electron chi connectivity index (χ2n) is 4.17. The lowest BCUT2D eigenvalue weighted by Gasteiger charge is -2.28. The fourth-order valence-corrected chi connectivity index (χ4v) is 2.30. The number of carbonyl (C=O) groups is 2. The van der Waals surface area contributed by atoms with Gasteiger partial charge in [-0.05, 0) is 18.8 Å². The number of hydrogen-bond acceptors (Lipinski definition) is 2. The van der Waals surface area contributed by atoms with Crippen molar-refractivity contribution in [1.29, 1.82) is 0 Å². The molecule has 0 spiro atoms. The lowest BCUT2D eigenvalue weighted by Crippen LogP contribution is -2.40. The standard InChI is InChI=1S/C10H14Cl3NO2/c1-14(9(16)10(11,12)13)6-7-2-4-8(15)5-3-7/h7H,2-6H2,1H3. The van der Waals surface area contributed by atoms with Gasteiger partial charge in [0.1, 0.15) is 5.78 Å². The highest BCUT2D eigenvalue weighted by Gasteiger charge is 2.34. The highest BCUT2D eigenvalue weighted by atomic mass is 35.6. The minimum Gasteiger partial charge on any atom is -0.342 e. The molecule has 0 aromatic heterocycles. The molecule has 6 heteroatoms. The van der Waals surface area contributed by atoms with Gasteiger partial charge in [0.05, 0.1) is 0 Å². The van der Waals surface area contributed by atoms with Gasteiger partial charge < -0.3 is 4.90 Å². The van der Waals surface area contributed by atoms with Crippen LogP contribution in [0.4, 0.5) is 0 Å². The van der Waals surface area contributed by atoms with Crippen molar-refractivity contribution in [3.63, 3.8) is 0 Å². The van der Waals surface area contributed by atoms with Gasteiger partial charge in [0, 0.05) is 26.4 Å². The molecule has 1 saturated carbocycles. The lowest BCUT2D eigenvalue weighted by molar-refractivity contribution is -0.129. The van der Waals surface area contributed by atoms with E-state index in [1.54, 1.807) is 7.05 Å². The molecule has 92 valence electrons. The van der Waals surface area contributed by atoms with Crippen LogP contribution in [0, 0.1) is 5.92 Å². The molecule has 0 saturated heterocycles. The van der Waals surface area contributed by atoms with E-state index in [0.29, 0.717) is 31.1 Å². The second kappa shape index (κ2) is 5.56. The zero-order valence-corrected chi connectivity index (χ0v) is 11.3. The Balaban J connectivity index is 2.43. The molecule has 1 amide bonds. The van der Waals surface area contributed by atoms with Gasteiger partial charge in [-0.3, -0.25) is 9.59 Å². The smallest absolute Gasteiger partial charge is 0.274 e. The molecule has 3 nitrogen and oxygen atoms in total. The third-order valence-corrected chi connectivity index (χ3v) is 3.27. The first-order valence-electron chi connectivity index (χ1n) is 5.14. The summed E-state index contributed by atoms with van der Waals surface area (Å²) in [5, 5.41) is 0. The van der Waals surface area contributed by atoms with E-state index in [9.17, 15) is 9.59 Å². The minimum absolute atomic E-state index is 0.298. The number of amides is 1. The zero-order valence-electron chi connectivity index (χ0n) is 9.01. The third kappa shape index (κ3) is 4.11. The largest absolute Gasteiger partial charge is 0.342 e. The maximum Gasteiger partial charge on any atom is 0.274 e. The van der Waals surface area contributed by atoms with Crippen molar-refractivity contribution in [1.82, 2.24) is 4.90 Å². The number of alkyl halides is 3. The van der Waals surface area contributed by atoms with Crippen molar-refractivity contribution >= 4 is 46.5 Å². The monoisotopic (exact) mass is 285 g/mol. The third-order valence-electron chi connectivity index (χ3n) is 2.78. The fraction of sp³-hybridized carbons (Fsp3) is 0.800. The predicted molar refractivity (Wildman–Crippen MR) is 64.9 cm³/mol. The van der Waals surface area contributed by atoms with Crippen molar-refractivity contribution in [3.8, 4) is 0 Å². The summed E-state index contributed by atoms with van der Waals surface area (Å²) >= 11 is 16.5. The Hall–Kier alpha value is 0.01000. The molecule has 0 atom stereocenters. The lowest BCUT2D eigenvalue weighted by atomic mass is 9.88. The Morgan fingerprint density at radius 3 is 2.31 bits per heavy atom. The molecule has 0 radical (unpaired) electrons. The van der Waals surface area contributed by atoms with Crippen LogP contribution in [0.1, 0.15) is 25.7 Å². The maximum atomic E-state index is 11.6. The van der Waals surface area contributed by atoms with Gasteiger partial charge in [-0.25, -0.2) is 0 Å². The molecule has 1 rings (SSSR count). The minimum atomic E-state index is -1.89. The van der Waals surface area contributed by atoms with E-state index in [1.165, 1.54) is 4.90 Å². The Morgan fingerprint density at radius 2 is 1.88 bits per heavy atom. The van der Waals surface area contributed by atoms with Crippen LogP contribution in [-0.2, 0) is 9.59 Å².